The Labute approximate surface area is 105 Å². The van der Waals surface area contributed by atoms with Gasteiger partial charge in [-0.3, -0.25) is 4.57 Å². The third kappa shape index (κ3) is 1.64. The molecule has 3 rings (SSSR count). The second-order valence-electron chi connectivity index (χ2n) is 4.03. The molecule has 0 saturated heterocycles. The molecule has 0 N–H and O–H groups in total. The Hall–Kier alpha value is -2.30. The van der Waals surface area contributed by atoms with Crippen molar-refractivity contribution in [1.29, 1.82) is 0 Å². The molecule has 0 fully saturated rings. The van der Waals surface area contributed by atoms with E-state index >= 15 is 0 Å². The van der Waals surface area contributed by atoms with Crippen LogP contribution < -0.4 is 9.47 Å². The first-order chi connectivity index (χ1) is 8.81. The number of hydrogen-bond donors (Lipinski definition) is 0. The van der Waals surface area contributed by atoms with Crippen LogP contribution >= 0.6 is 0 Å². The lowest BCUT2D eigenvalue weighted by Gasteiger charge is -2.05. The second-order valence-corrected chi connectivity index (χ2v) is 4.03. The molecule has 5 heteroatoms. The number of fused-ring (bicyclic) bond motifs is 2. The zero-order chi connectivity index (χ0) is 12.5. The molecule has 0 spiro atoms. The van der Waals surface area contributed by atoms with Gasteiger partial charge in [0.25, 0.3) is 0 Å². The SMILES string of the molecule is COc1ccc2c(c1)C=Cn1c(nnc1OC)C2. The number of rotatable bonds is 2. The molecule has 92 valence electrons. The molecule has 2 aromatic rings. The largest absolute Gasteiger partial charge is 0.497 e. The van der Waals surface area contributed by atoms with Crippen molar-refractivity contribution in [2.45, 2.75) is 6.42 Å². The first-order valence-electron chi connectivity index (χ1n) is 5.64. The molecule has 0 aliphatic carbocycles. The van der Waals surface area contributed by atoms with Crippen molar-refractivity contribution >= 4 is 12.3 Å². The van der Waals surface area contributed by atoms with E-state index in [4.69, 9.17) is 9.47 Å². The molecule has 2 heterocycles. The van der Waals surface area contributed by atoms with Gasteiger partial charge in [0.2, 0.25) is 0 Å². The summed E-state index contributed by atoms with van der Waals surface area (Å²) in [5, 5.41) is 8.11. The summed E-state index contributed by atoms with van der Waals surface area (Å²) in [6.07, 6.45) is 4.66. The number of ether oxygens (including phenoxy) is 2. The second kappa shape index (κ2) is 4.18. The van der Waals surface area contributed by atoms with Crippen molar-refractivity contribution in [2.75, 3.05) is 14.2 Å². The monoisotopic (exact) mass is 243 g/mol. The Bertz CT molecular complexity index is 617. The molecule has 18 heavy (non-hydrogen) atoms. The Balaban J connectivity index is 2.08. The molecule has 0 atom stereocenters. The lowest BCUT2D eigenvalue weighted by molar-refractivity contribution is 0.373. The number of hydrogen-bond acceptors (Lipinski definition) is 4. The van der Waals surface area contributed by atoms with Gasteiger partial charge in [0.15, 0.2) is 0 Å². The predicted octanol–water partition coefficient (Wildman–Crippen LogP) is 1.83. The van der Waals surface area contributed by atoms with Gasteiger partial charge in [0.1, 0.15) is 11.6 Å². The highest BCUT2D eigenvalue weighted by molar-refractivity contribution is 5.67. The van der Waals surface area contributed by atoms with Crippen molar-refractivity contribution in [3.05, 3.63) is 35.2 Å². The smallest absolute Gasteiger partial charge is 0.320 e. The Morgan fingerprint density at radius 1 is 1.17 bits per heavy atom. The van der Waals surface area contributed by atoms with Gasteiger partial charge in [-0.05, 0) is 29.3 Å². The van der Waals surface area contributed by atoms with Crippen LogP contribution in [0.5, 0.6) is 11.8 Å². The highest BCUT2D eigenvalue weighted by Gasteiger charge is 2.15. The number of benzene rings is 1. The van der Waals surface area contributed by atoms with E-state index in [1.807, 2.05) is 29.0 Å². The van der Waals surface area contributed by atoms with E-state index < -0.39 is 0 Å². The predicted molar refractivity (Wildman–Crippen MR) is 67.6 cm³/mol. The number of nitrogens with zero attached hydrogens (tertiary/aromatic N) is 3. The van der Waals surface area contributed by atoms with Gasteiger partial charge in [0, 0.05) is 12.6 Å². The topological polar surface area (TPSA) is 49.2 Å². The zero-order valence-electron chi connectivity index (χ0n) is 10.3. The standard InChI is InChI=1S/C13H13N3O2/c1-17-11-4-3-9-8-12-14-15-13(18-2)16(12)6-5-10(9)7-11/h3-7H,8H2,1-2H3. The van der Waals surface area contributed by atoms with Crippen LogP contribution in [0.3, 0.4) is 0 Å². The summed E-state index contributed by atoms with van der Waals surface area (Å²) in [7, 11) is 3.26. The fourth-order valence-corrected chi connectivity index (χ4v) is 2.06. The molecule has 1 aromatic heterocycles. The molecule has 1 aliphatic rings. The van der Waals surface area contributed by atoms with Gasteiger partial charge in [-0.25, -0.2) is 0 Å². The van der Waals surface area contributed by atoms with Crippen molar-refractivity contribution in [2.24, 2.45) is 0 Å². The molecule has 0 bridgehead atoms. The van der Waals surface area contributed by atoms with E-state index in [0.717, 1.165) is 23.6 Å². The normalized spacial score (nSPS) is 12.6. The summed E-state index contributed by atoms with van der Waals surface area (Å²) in [5.41, 5.74) is 2.32. The molecule has 0 saturated carbocycles. The van der Waals surface area contributed by atoms with E-state index in [2.05, 4.69) is 16.3 Å². The minimum Gasteiger partial charge on any atom is -0.497 e. The molecule has 0 unspecified atom stereocenters. The van der Waals surface area contributed by atoms with Crippen molar-refractivity contribution in [1.82, 2.24) is 14.8 Å². The molecule has 0 radical (unpaired) electrons. The maximum absolute atomic E-state index is 5.23. The average molecular weight is 243 g/mol. The lowest BCUT2D eigenvalue weighted by Crippen LogP contribution is -1.98. The summed E-state index contributed by atoms with van der Waals surface area (Å²) in [6.45, 7) is 0. The van der Waals surface area contributed by atoms with Gasteiger partial charge >= 0.3 is 6.01 Å². The maximum atomic E-state index is 5.23. The molecule has 5 nitrogen and oxygen atoms in total. The van der Waals surface area contributed by atoms with Crippen molar-refractivity contribution < 1.29 is 9.47 Å². The molecule has 0 amide bonds. The Morgan fingerprint density at radius 3 is 2.83 bits per heavy atom. The average Bonchev–Trinajstić information content (AvgIpc) is 2.70. The summed E-state index contributed by atoms with van der Waals surface area (Å²) < 4.78 is 12.3. The van der Waals surface area contributed by atoms with E-state index in [1.165, 1.54) is 5.56 Å². The zero-order valence-corrected chi connectivity index (χ0v) is 10.3. The number of aromatic nitrogens is 3. The summed E-state index contributed by atoms with van der Waals surface area (Å²) in [5.74, 6) is 1.72. The first kappa shape index (κ1) is 10.8. The molecular formula is C13H13N3O2. The fourth-order valence-electron chi connectivity index (χ4n) is 2.06. The summed E-state index contributed by atoms with van der Waals surface area (Å²) in [4.78, 5) is 0. The van der Waals surface area contributed by atoms with Crippen LogP contribution in [0.2, 0.25) is 0 Å². The van der Waals surface area contributed by atoms with E-state index in [-0.39, 0.29) is 0 Å². The quantitative estimate of drug-likeness (QED) is 0.689. The van der Waals surface area contributed by atoms with Crippen LogP contribution in [0, 0.1) is 0 Å². The fraction of sp³-hybridized carbons (Fsp3) is 0.231. The van der Waals surface area contributed by atoms with Gasteiger partial charge in [-0.2, -0.15) is 0 Å². The van der Waals surface area contributed by atoms with Crippen LogP contribution in [0.1, 0.15) is 17.0 Å². The van der Waals surface area contributed by atoms with Crippen LogP contribution in [0.4, 0.5) is 0 Å². The van der Waals surface area contributed by atoms with Crippen LogP contribution in [0.15, 0.2) is 18.2 Å². The highest BCUT2D eigenvalue weighted by atomic mass is 16.5. The summed E-state index contributed by atoms with van der Waals surface area (Å²) in [6, 6.07) is 6.52. The third-order valence-corrected chi connectivity index (χ3v) is 3.02. The third-order valence-electron chi connectivity index (χ3n) is 3.02. The first-order valence-corrected chi connectivity index (χ1v) is 5.64. The van der Waals surface area contributed by atoms with Crippen LogP contribution in [-0.4, -0.2) is 29.0 Å². The number of methoxy groups -OCH3 is 2. The minimum atomic E-state index is 0.501. The highest BCUT2D eigenvalue weighted by Crippen LogP contribution is 2.25. The Morgan fingerprint density at radius 2 is 2.06 bits per heavy atom. The minimum absolute atomic E-state index is 0.501. The Kier molecular flexibility index (Phi) is 2.51. The molecular weight excluding hydrogens is 230 g/mol. The van der Waals surface area contributed by atoms with Gasteiger partial charge in [0.05, 0.1) is 14.2 Å². The van der Waals surface area contributed by atoms with Gasteiger partial charge < -0.3 is 9.47 Å². The molecule has 1 aromatic carbocycles. The molecule has 1 aliphatic heterocycles. The van der Waals surface area contributed by atoms with Gasteiger partial charge in [-0.1, -0.05) is 11.2 Å². The maximum Gasteiger partial charge on any atom is 0.320 e. The van der Waals surface area contributed by atoms with Crippen LogP contribution in [0.25, 0.3) is 12.3 Å². The van der Waals surface area contributed by atoms with Crippen LogP contribution in [-0.2, 0) is 6.42 Å². The van der Waals surface area contributed by atoms with E-state index in [9.17, 15) is 0 Å². The van der Waals surface area contributed by atoms with Crippen molar-refractivity contribution in [3.63, 3.8) is 0 Å². The lowest BCUT2D eigenvalue weighted by atomic mass is 10.0. The summed E-state index contributed by atoms with van der Waals surface area (Å²) >= 11 is 0. The van der Waals surface area contributed by atoms with Crippen molar-refractivity contribution in [3.8, 4) is 11.8 Å². The van der Waals surface area contributed by atoms with E-state index in [0.29, 0.717) is 6.01 Å². The van der Waals surface area contributed by atoms with E-state index in [1.54, 1.807) is 14.2 Å². The van der Waals surface area contributed by atoms with Gasteiger partial charge in [-0.15, -0.1) is 5.10 Å².